The summed E-state index contributed by atoms with van der Waals surface area (Å²) in [6.45, 7) is 0. The minimum absolute atomic E-state index is 0.0610. The number of nitrogens with zero attached hydrogens (tertiary/aromatic N) is 1. The van der Waals surface area contributed by atoms with E-state index in [0.717, 1.165) is 3.57 Å². The first-order valence-corrected chi connectivity index (χ1v) is 8.59. The molecule has 2 aromatic carbocycles. The normalized spacial score (nSPS) is 10.7. The molecule has 0 radical (unpaired) electrons. The second kappa shape index (κ2) is 9.10. The third kappa shape index (κ3) is 4.67. The maximum Gasteiger partial charge on any atom is 0.266 e. The Balaban J connectivity index is 2.36. The van der Waals surface area contributed by atoms with Crippen molar-refractivity contribution in [1.29, 1.82) is 5.26 Å². The van der Waals surface area contributed by atoms with Crippen LogP contribution in [0.5, 0.6) is 17.2 Å². The number of ether oxygens (including phenoxy) is 3. The van der Waals surface area contributed by atoms with Gasteiger partial charge in [0, 0.05) is 20.9 Å². The van der Waals surface area contributed by atoms with Crippen molar-refractivity contribution >= 4 is 40.3 Å². The topological polar surface area (TPSA) is 80.6 Å². The van der Waals surface area contributed by atoms with E-state index in [1.807, 2.05) is 18.2 Å². The zero-order chi connectivity index (χ0) is 19.1. The third-order valence-electron chi connectivity index (χ3n) is 3.50. The highest BCUT2D eigenvalue weighted by molar-refractivity contribution is 14.1. The Morgan fingerprint density at radius 1 is 1.04 bits per heavy atom. The van der Waals surface area contributed by atoms with E-state index in [4.69, 9.17) is 14.2 Å². The van der Waals surface area contributed by atoms with Gasteiger partial charge in [-0.05, 0) is 59.0 Å². The van der Waals surface area contributed by atoms with Crippen LogP contribution in [-0.4, -0.2) is 27.2 Å². The molecule has 0 spiro atoms. The molecule has 0 heterocycles. The van der Waals surface area contributed by atoms with Crippen molar-refractivity contribution in [1.82, 2.24) is 0 Å². The minimum atomic E-state index is -0.509. The number of carbonyl (C=O) groups is 1. The molecule has 0 saturated heterocycles. The molecule has 0 aliphatic rings. The predicted octanol–water partition coefficient (Wildman–Crippen LogP) is 3.86. The smallest absolute Gasteiger partial charge is 0.266 e. The van der Waals surface area contributed by atoms with Gasteiger partial charge in [0.2, 0.25) is 0 Å². The quantitative estimate of drug-likeness (QED) is 0.399. The lowest BCUT2D eigenvalue weighted by Crippen LogP contribution is -2.13. The van der Waals surface area contributed by atoms with Crippen molar-refractivity contribution in [2.24, 2.45) is 0 Å². The van der Waals surface area contributed by atoms with E-state index < -0.39 is 5.91 Å². The first-order chi connectivity index (χ1) is 12.5. The molecule has 0 unspecified atom stereocenters. The summed E-state index contributed by atoms with van der Waals surface area (Å²) in [6.07, 6.45) is 1.45. The summed E-state index contributed by atoms with van der Waals surface area (Å²) in [7, 11) is 4.52. The summed E-state index contributed by atoms with van der Waals surface area (Å²) in [5, 5.41) is 12.1. The molecule has 0 atom stereocenters. The number of anilines is 1. The number of carbonyl (C=O) groups excluding carboxylic acids is 1. The standard InChI is InChI=1S/C19H17IN2O4/c1-24-16-10-18(26-3)17(25-2)9-12(16)8-13(11-21)19(23)22-15-6-4-14(20)5-7-15/h4-10H,1-3H3,(H,22,23)/b13-8+. The maximum absolute atomic E-state index is 12.4. The molecule has 0 aliphatic heterocycles. The fourth-order valence-corrected chi connectivity index (χ4v) is 2.56. The molecule has 6 nitrogen and oxygen atoms in total. The Bertz CT molecular complexity index is 870. The Morgan fingerprint density at radius 2 is 1.62 bits per heavy atom. The van der Waals surface area contributed by atoms with Crippen LogP contribution in [0.2, 0.25) is 0 Å². The Labute approximate surface area is 165 Å². The average molecular weight is 464 g/mol. The van der Waals surface area contributed by atoms with Gasteiger partial charge in [0.1, 0.15) is 17.4 Å². The summed E-state index contributed by atoms with van der Waals surface area (Å²) in [4.78, 5) is 12.4. The van der Waals surface area contributed by atoms with Crippen LogP contribution in [0.4, 0.5) is 5.69 Å². The van der Waals surface area contributed by atoms with Gasteiger partial charge < -0.3 is 19.5 Å². The molecule has 134 valence electrons. The first kappa shape index (κ1) is 19.6. The number of hydrogen-bond acceptors (Lipinski definition) is 5. The molecular weight excluding hydrogens is 447 g/mol. The SMILES string of the molecule is COc1cc(OC)c(OC)cc1/C=C(\C#N)C(=O)Nc1ccc(I)cc1. The van der Waals surface area contributed by atoms with Gasteiger partial charge in [0.15, 0.2) is 11.5 Å². The van der Waals surface area contributed by atoms with Crippen LogP contribution in [0.3, 0.4) is 0 Å². The number of amides is 1. The predicted molar refractivity (Wildman–Crippen MR) is 107 cm³/mol. The summed E-state index contributed by atoms with van der Waals surface area (Å²) in [5.74, 6) is 0.904. The molecule has 0 fully saturated rings. The monoisotopic (exact) mass is 464 g/mol. The van der Waals surface area contributed by atoms with Crippen molar-refractivity contribution in [2.45, 2.75) is 0 Å². The van der Waals surface area contributed by atoms with Crippen LogP contribution in [-0.2, 0) is 4.79 Å². The first-order valence-electron chi connectivity index (χ1n) is 7.51. The van der Waals surface area contributed by atoms with Gasteiger partial charge in [-0.3, -0.25) is 4.79 Å². The second-order valence-corrected chi connectivity index (χ2v) is 6.33. The summed E-state index contributed by atoms with van der Waals surface area (Å²) >= 11 is 2.17. The largest absolute Gasteiger partial charge is 0.496 e. The number of methoxy groups -OCH3 is 3. The number of benzene rings is 2. The summed E-state index contributed by atoms with van der Waals surface area (Å²) in [5.41, 5.74) is 1.07. The number of halogens is 1. The number of nitriles is 1. The molecule has 0 bridgehead atoms. The second-order valence-electron chi connectivity index (χ2n) is 5.08. The molecule has 2 aromatic rings. The van der Waals surface area contributed by atoms with Crippen molar-refractivity contribution in [3.05, 3.63) is 51.1 Å². The molecule has 0 aliphatic carbocycles. The van der Waals surface area contributed by atoms with E-state index in [0.29, 0.717) is 28.5 Å². The van der Waals surface area contributed by atoms with Crippen molar-refractivity contribution < 1.29 is 19.0 Å². The van der Waals surface area contributed by atoms with Gasteiger partial charge in [-0.1, -0.05) is 0 Å². The molecule has 26 heavy (non-hydrogen) atoms. The molecular formula is C19H17IN2O4. The van der Waals surface area contributed by atoms with Gasteiger partial charge >= 0.3 is 0 Å². The van der Waals surface area contributed by atoms with Crippen LogP contribution < -0.4 is 19.5 Å². The van der Waals surface area contributed by atoms with Crippen molar-refractivity contribution in [3.8, 4) is 23.3 Å². The average Bonchev–Trinajstić information content (AvgIpc) is 2.66. The molecule has 0 aromatic heterocycles. The zero-order valence-electron chi connectivity index (χ0n) is 14.5. The maximum atomic E-state index is 12.4. The molecule has 2 rings (SSSR count). The fraction of sp³-hybridized carbons (Fsp3) is 0.158. The van der Waals surface area contributed by atoms with E-state index in [9.17, 15) is 10.1 Å². The fourth-order valence-electron chi connectivity index (χ4n) is 2.20. The lowest BCUT2D eigenvalue weighted by molar-refractivity contribution is -0.112. The third-order valence-corrected chi connectivity index (χ3v) is 4.22. The van der Waals surface area contributed by atoms with Gasteiger partial charge in [-0.15, -0.1) is 0 Å². The van der Waals surface area contributed by atoms with E-state index in [2.05, 4.69) is 27.9 Å². The van der Waals surface area contributed by atoms with E-state index in [1.54, 1.807) is 24.3 Å². The number of hydrogen-bond donors (Lipinski definition) is 1. The lowest BCUT2D eigenvalue weighted by Gasteiger charge is -2.12. The summed E-state index contributed by atoms with van der Waals surface area (Å²) in [6, 6.07) is 12.5. The highest BCUT2D eigenvalue weighted by Gasteiger charge is 2.14. The lowest BCUT2D eigenvalue weighted by atomic mass is 10.1. The van der Waals surface area contributed by atoms with Crippen LogP contribution in [0, 0.1) is 14.9 Å². The molecule has 1 amide bonds. The van der Waals surface area contributed by atoms with Gasteiger partial charge in [-0.25, -0.2) is 0 Å². The number of nitrogens with one attached hydrogen (secondary N) is 1. The van der Waals surface area contributed by atoms with Gasteiger partial charge in [0.25, 0.3) is 5.91 Å². The van der Waals surface area contributed by atoms with Crippen LogP contribution >= 0.6 is 22.6 Å². The van der Waals surface area contributed by atoms with E-state index in [-0.39, 0.29) is 5.57 Å². The van der Waals surface area contributed by atoms with Gasteiger partial charge in [-0.2, -0.15) is 5.26 Å². The Morgan fingerprint density at radius 3 is 2.15 bits per heavy atom. The highest BCUT2D eigenvalue weighted by Crippen LogP contribution is 2.35. The van der Waals surface area contributed by atoms with Crippen LogP contribution in [0.1, 0.15) is 5.56 Å². The number of rotatable bonds is 6. The summed E-state index contributed by atoms with van der Waals surface area (Å²) < 4.78 is 16.9. The molecule has 7 heteroatoms. The van der Waals surface area contributed by atoms with Crippen molar-refractivity contribution in [2.75, 3.05) is 26.6 Å². The molecule has 0 saturated carbocycles. The minimum Gasteiger partial charge on any atom is -0.496 e. The zero-order valence-corrected chi connectivity index (χ0v) is 16.7. The van der Waals surface area contributed by atoms with E-state index in [1.165, 1.54) is 27.4 Å². The van der Waals surface area contributed by atoms with Gasteiger partial charge in [0.05, 0.1) is 21.3 Å². The molecule has 1 N–H and O–H groups in total. The van der Waals surface area contributed by atoms with Crippen molar-refractivity contribution in [3.63, 3.8) is 0 Å². The van der Waals surface area contributed by atoms with Crippen LogP contribution in [0.15, 0.2) is 42.0 Å². The van der Waals surface area contributed by atoms with E-state index >= 15 is 0 Å². The Kier molecular flexibility index (Phi) is 6.86. The highest BCUT2D eigenvalue weighted by atomic mass is 127. The Hall–Kier alpha value is -2.73. The van der Waals surface area contributed by atoms with Crippen LogP contribution in [0.25, 0.3) is 6.08 Å².